The number of unbranched alkanes of at least 4 members (excludes halogenated alkanes) is 18. The highest BCUT2D eigenvalue weighted by Gasteiger charge is 2.45. The van der Waals surface area contributed by atoms with E-state index < -0.39 is 8.07 Å². The van der Waals surface area contributed by atoms with Gasteiger partial charge in [0.2, 0.25) is 0 Å². The predicted molar refractivity (Wildman–Crippen MR) is 282 cm³/mol. The normalized spacial score (nSPS) is 13.0. The van der Waals surface area contributed by atoms with E-state index in [0.717, 1.165) is 12.8 Å². The molecule has 0 bridgehead atoms. The van der Waals surface area contributed by atoms with Crippen LogP contribution in [0.3, 0.4) is 0 Å². The molecule has 0 heterocycles. The lowest BCUT2D eigenvalue weighted by Crippen LogP contribution is -2.69. The van der Waals surface area contributed by atoms with E-state index in [4.69, 9.17) is 0 Å². The van der Waals surface area contributed by atoms with Crippen molar-refractivity contribution >= 4 is 23.6 Å². The first-order valence-corrected chi connectivity index (χ1v) is 29.3. The summed E-state index contributed by atoms with van der Waals surface area (Å²) in [6.07, 6.45) is 46.3. The fourth-order valence-electron chi connectivity index (χ4n) is 10.6. The minimum Gasteiger partial charge on any atom is -0.0805 e. The van der Waals surface area contributed by atoms with Crippen LogP contribution in [-0.4, -0.2) is 8.07 Å². The molecule has 344 valence electrons. The van der Waals surface area contributed by atoms with Crippen molar-refractivity contribution in [2.45, 2.75) is 254 Å². The van der Waals surface area contributed by atoms with Crippen LogP contribution in [0.4, 0.5) is 0 Å². The third-order valence-corrected chi connectivity index (χ3v) is 19.1. The number of aryl methyl sites for hydroxylation is 6. The van der Waals surface area contributed by atoms with Crippen molar-refractivity contribution in [2.75, 3.05) is 0 Å². The second-order valence-electron chi connectivity index (χ2n) is 19.7. The highest BCUT2D eigenvalue weighted by Crippen LogP contribution is 2.33. The molecule has 0 aromatic heterocycles. The van der Waals surface area contributed by atoms with E-state index in [2.05, 4.69) is 115 Å². The molecule has 1 aliphatic carbocycles. The van der Waals surface area contributed by atoms with Gasteiger partial charge in [-0.15, -0.1) is 0 Å². The van der Waals surface area contributed by atoms with Gasteiger partial charge in [-0.3, -0.25) is 0 Å². The number of rotatable bonds is 35. The molecule has 0 unspecified atom stereocenters. The molecule has 0 aliphatic heterocycles. The quantitative estimate of drug-likeness (QED) is 0.0314. The molecule has 62 heavy (non-hydrogen) atoms. The Bertz CT molecular complexity index is 1470. The molecule has 0 saturated carbocycles. The van der Waals surface area contributed by atoms with Crippen LogP contribution in [0.5, 0.6) is 0 Å². The van der Waals surface area contributed by atoms with E-state index >= 15 is 0 Å². The summed E-state index contributed by atoms with van der Waals surface area (Å²) < 4.78 is 0. The maximum atomic E-state index is 2.80. The standard InChI is InChI=1S/C61H96Si/c1-8-15-21-27-34-51-42-52(35-28-22-16-9-2)46-58(45-51)62(61-41-33-40-57(61)14-7,59-47-53(36-29-23-17-10-3)43-54(48-59)37-30-24-18-11-4)60-49-55(38-31-25-19-12-5)44-56(50-60)39-32-26-20-13-6/h33,40,42-50H,8-32,34-39,41H2,1-7H3. The first-order valence-electron chi connectivity index (χ1n) is 27.3. The van der Waals surface area contributed by atoms with Gasteiger partial charge >= 0.3 is 0 Å². The Labute approximate surface area is 386 Å². The maximum absolute atomic E-state index is 2.80. The zero-order valence-electron chi connectivity index (χ0n) is 42.0. The van der Waals surface area contributed by atoms with Crippen molar-refractivity contribution < 1.29 is 0 Å². The van der Waals surface area contributed by atoms with Crippen LogP contribution in [0.25, 0.3) is 0 Å². The molecule has 3 aromatic rings. The van der Waals surface area contributed by atoms with Gasteiger partial charge in [-0.1, -0.05) is 242 Å². The van der Waals surface area contributed by atoms with Gasteiger partial charge in [-0.2, -0.15) is 0 Å². The molecule has 0 saturated heterocycles. The van der Waals surface area contributed by atoms with Crippen molar-refractivity contribution in [3.05, 3.63) is 111 Å². The third kappa shape index (κ3) is 16.4. The molecule has 3 aromatic carbocycles. The topological polar surface area (TPSA) is 0 Å². The number of hydrogen-bond donors (Lipinski definition) is 0. The fraction of sp³-hybridized carbons (Fsp3) is 0.639. The average molecular weight is 858 g/mol. The van der Waals surface area contributed by atoms with Crippen LogP contribution in [0.1, 0.15) is 249 Å². The van der Waals surface area contributed by atoms with Crippen molar-refractivity contribution in [2.24, 2.45) is 0 Å². The molecule has 1 heteroatoms. The molecule has 0 spiro atoms. The Morgan fingerprint density at radius 3 is 0.806 bits per heavy atom. The van der Waals surface area contributed by atoms with Gasteiger partial charge in [0.1, 0.15) is 0 Å². The van der Waals surface area contributed by atoms with E-state index in [1.807, 2.05) is 0 Å². The van der Waals surface area contributed by atoms with Gasteiger partial charge in [-0.05, 0) is 139 Å². The lowest BCUT2D eigenvalue weighted by molar-refractivity contribution is 0.661. The summed E-state index contributed by atoms with van der Waals surface area (Å²) in [5, 5.41) is 6.88. The summed E-state index contributed by atoms with van der Waals surface area (Å²) in [5.41, 5.74) is 11.3. The van der Waals surface area contributed by atoms with Gasteiger partial charge in [0.05, 0.1) is 0 Å². The minimum absolute atomic E-state index is 1.10. The van der Waals surface area contributed by atoms with Crippen LogP contribution >= 0.6 is 0 Å². The predicted octanol–water partition coefficient (Wildman–Crippen LogP) is 17.1. The lowest BCUT2D eigenvalue weighted by Gasteiger charge is -2.38. The third-order valence-electron chi connectivity index (χ3n) is 14.2. The maximum Gasteiger partial charge on any atom is 0.176 e. The lowest BCUT2D eigenvalue weighted by atomic mass is 10.00. The van der Waals surface area contributed by atoms with Crippen LogP contribution < -0.4 is 15.6 Å². The number of hydrogen-bond acceptors (Lipinski definition) is 0. The summed E-state index contributed by atoms with van der Waals surface area (Å²) in [5.74, 6) is 0. The van der Waals surface area contributed by atoms with E-state index in [1.165, 1.54) is 193 Å². The summed E-state index contributed by atoms with van der Waals surface area (Å²) in [6.45, 7) is 16.6. The molecular weight excluding hydrogens is 761 g/mol. The highest BCUT2D eigenvalue weighted by molar-refractivity contribution is 7.16. The SMILES string of the molecule is CCCCCCc1cc(CCCCCC)cc([Si](C2=C(CC)C=CC2)(c2cc(CCCCCC)cc(CCCCCC)c2)c2cc(CCCCCC)cc(CCCCCC)c2)c1. The Kier molecular flexibility index (Phi) is 25.6. The Morgan fingerprint density at radius 1 is 0.323 bits per heavy atom. The second kappa shape index (κ2) is 30.5. The number of benzene rings is 3. The van der Waals surface area contributed by atoms with Crippen molar-refractivity contribution in [1.29, 1.82) is 0 Å². The van der Waals surface area contributed by atoms with Gasteiger partial charge < -0.3 is 0 Å². The summed E-state index contributed by atoms with van der Waals surface area (Å²) in [7, 11) is -2.77. The smallest absolute Gasteiger partial charge is 0.0805 e. The zero-order chi connectivity index (χ0) is 44.3. The molecule has 0 atom stereocenters. The van der Waals surface area contributed by atoms with E-state index in [-0.39, 0.29) is 0 Å². The Balaban J connectivity index is 2.13. The van der Waals surface area contributed by atoms with Crippen LogP contribution in [0.15, 0.2) is 77.5 Å². The van der Waals surface area contributed by atoms with E-state index in [9.17, 15) is 0 Å². The molecule has 0 amide bonds. The van der Waals surface area contributed by atoms with Crippen LogP contribution in [-0.2, 0) is 38.5 Å². The van der Waals surface area contributed by atoms with Gasteiger partial charge in [0.15, 0.2) is 8.07 Å². The van der Waals surface area contributed by atoms with Gasteiger partial charge in [0.25, 0.3) is 0 Å². The fourth-order valence-corrected chi connectivity index (χ4v) is 16.3. The number of allylic oxidation sites excluding steroid dienone is 4. The summed E-state index contributed by atoms with van der Waals surface area (Å²) >= 11 is 0. The van der Waals surface area contributed by atoms with Crippen molar-refractivity contribution in [1.82, 2.24) is 0 Å². The molecule has 0 radical (unpaired) electrons. The highest BCUT2D eigenvalue weighted by atomic mass is 28.3. The first kappa shape index (κ1) is 52.0. The van der Waals surface area contributed by atoms with Crippen molar-refractivity contribution in [3.8, 4) is 0 Å². The largest absolute Gasteiger partial charge is 0.176 e. The zero-order valence-corrected chi connectivity index (χ0v) is 43.0. The molecule has 0 N–H and O–H groups in total. The molecule has 0 nitrogen and oxygen atoms in total. The van der Waals surface area contributed by atoms with E-state index in [1.54, 1.807) is 59.7 Å². The monoisotopic (exact) mass is 857 g/mol. The van der Waals surface area contributed by atoms with Gasteiger partial charge in [-0.25, -0.2) is 0 Å². The summed E-state index contributed by atoms with van der Waals surface area (Å²) in [4.78, 5) is 0. The van der Waals surface area contributed by atoms with Gasteiger partial charge in [0, 0.05) is 0 Å². The van der Waals surface area contributed by atoms with Crippen LogP contribution in [0.2, 0.25) is 0 Å². The molecule has 1 aliphatic rings. The molecular formula is C61H96Si. The summed E-state index contributed by atoms with van der Waals surface area (Å²) in [6, 6.07) is 24.8. The first-order chi connectivity index (χ1) is 30.5. The minimum atomic E-state index is -2.77. The van der Waals surface area contributed by atoms with Crippen molar-refractivity contribution in [3.63, 3.8) is 0 Å². The second-order valence-corrected chi connectivity index (χ2v) is 23.5. The van der Waals surface area contributed by atoms with E-state index in [0.29, 0.717) is 0 Å². The Hall–Kier alpha value is -2.64. The Morgan fingerprint density at radius 2 is 0.581 bits per heavy atom. The molecule has 4 rings (SSSR count). The van der Waals surface area contributed by atoms with Crippen LogP contribution in [0, 0.1) is 0 Å². The molecule has 0 fully saturated rings. The average Bonchev–Trinajstić information content (AvgIpc) is 3.77.